The molecule has 2 aromatic rings. The summed E-state index contributed by atoms with van der Waals surface area (Å²) in [5, 5.41) is 0.411. The summed E-state index contributed by atoms with van der Waals surface area (Å²) in [6.07, 6.45) is 0. The van der Waals surface area contributed by atoms with Gasteiger partial charge in [-0.1, -0.05) is 35.3 Å². The largest absolute Gasteiger partial charge is 0.493 e. The van der Waals surface area contributed by atoms with Crippen LogP contribution in [-0.4, -0.2) is 34.0 Å². The van der Waals surface area contributed by atoms with Gasteiger partial charge in [0.2, 0.25) is 10.0 Å². The first-order chi connectivity index (χ1) is 11.3. The minimum Gasteiger partial charge on any atom is -0.493 e. The van der Waals surface area contributed by atoms with E-state index in [1.54, 1.807) is 18.2 Å². The van der Waals surface area contributed by atoms with Crippen molar-refractivity contribution in [3.8, 4) is 11.5 Å². The Kier molecular flexibility index (Phi) is 5.98. The average Bonchev–Trinajstić information content (AvgIpc) is 2.56. The van der Waals surface area contributed by atoms with Gasteiger partial charge in [-0.15, -0.1) is 0 Å². The van der Waals surface area contributed by atoms with E-state index in [0.717, 1.165) is 0 Å². The first-order valence-corrected chi connectivity index (χ1v) is 9.12. The van der Waals surface area contributed by atoms with E-state index in [4.69, 9.17) is 32.7 Å². The molecule has 0 saturated carbocycles. The van der Waals surface area contributed by atoms with E-state index in [-0.39, 0.29) is 16.5 Å². The number of para-hydroxylation sites is 1. The normalized spacial score (nSPS) is 11.6. The van der Waals surface area contributed by atoms with Crippen LogP contribution < -0.4 is 9.47 Å². The van der Waals surface area contributed by atoms with Crippen molar-refractivity contribution in [3.05, 3.63) is 52.0 Å². The molecule has 2 rings (SSSR count). The Morgan fingerprint density at radius 2 is 1.79 bits per heavy atom. The molecule has 2 aromatic carbocycles. The molecule has 130 valence electrons. The van der Waals surface area contributed by atoms with Gasteiger partial charge in [0.15, 0.2) is 11.5 Å². The fourth-order valence-electron chi connectivity index (χ4n) is 2.25. The molecule has 0 unspecified atom stereocenters. The van der Waals surface area contributed by atoms with E-state index in [9.17, 15) is 8.42 Å². The zero-order valence-corrected chi connectivity index (χ0v) is 15.7. The van der Waals surface area contributed by atoms with Crippen LogP contribution in [0.25, 0.3) is 0 Å². The lowest BCUT2D eigenvalue weighted by atomic mass is 10.2. The van der Waals surface area contributed by atoms with Gasteiger partial charge in [-0.25, -0.2) is 8.42 Å². The molecule has 0 N–H and O–H groups in total. The third-order valence-corrected chi connectivity index (χ3v) is 5.98. The van der Waals surface area contributed by atoms with Crippen LogP contribution in [0.3, 0.4) is 0 Å². The Morgan fingerprint density at radius 3 is 2.42 bits per heavy atom. The number of sulfonamides is 1. The average molecular weight is 390 g/mol. The molecule has 0 spiro atoms. The summed E-state index contributed by atoms with van der Waals surface area (Å²) in [7, 11) is 0.675. The molecular formula is C16H17Cl2NO4S. The number of hydrogen-bond donors (Lipinski definition) is 0. The van der Waals surface area contributed by atoms with Crippen LogP contribution in [0.5, 0.6) is 11.5 Å². The summed E-state index contributed by atoms with van der Waals surface area (Å²) in [6.45, 7) is 0.0888. The molecule has 0 saturated heterocycles. The maximum atomic E-state index is 12.8. The highest BCUT2D eigenvalue weighted by Crippen LogP contribution is 2.33. The van der Waals surface area contributed by atoms with Gasteiger partial charge < -0.3 is 9.47 Å². The number of methoxy groups -OCH3 is 2. The van der Waals surface area contributed by atoms with E-state index < -0.39 is 10.0 Å². The van der Waals surface area contributed by atoms with Gasteiger partial charge in [0.25, 0.3) is 0 Å². The van der Waals surface area contributed by atoms with Crippen LogP contribution in [0.15, 0.2) is 41.3 Å². The monoisotopic (exact) mass is 389 g/mol. The second kappa shape index (κ2) is 7.61. The van der Waals surface area contributed by atoms with E-state index >= 15 is 0 Å². The van der Waals surface area contributed by atoms with Gasteiger partial charge in [0, 0.05) is 24.2 Å². The quantitative estimate of drug-likeness (QED) is 0.752. The summed E-state index contributed by atoms with van der Waals surface area (Å²) in [6, 6.07) is 9.60. The predicted octanol–water partition coefficient (Wildman–Crippen LogP) is 3.83. The van der Waals surface area contributed by atoms with Crippen LogP contribution >= 0.6 is 23.2 Å². The zero-order chi connectivity index (χ0) is 17.9. The van der Waals surface area contributed by atoms with Crippen molar-refractivity contribution in [3.63, 3.8) is 0 Å². The van der Waals surface area contributed by atoms with Gasteiger partial charge >= 0.3 is 0 Å². The highest BCUT2D eigenvalue weighted by Gasteiger charge is 2.25. The van der Waals surface area contributed by atoms with E-state index in [2.05, 4.69) is 0 Å². The van der Waals surface area contributed by atoms with Crippen molar-refractivity contribution in [1.29, 1.82) is 0 Å². The molecule has 0 bridgehead atoms. The Morgan fingerprint density at radius 1 is 1.08 bits per heavy atom. The zero-order valence-electron chi connectivity index (χ0n) is 13.4. The Bertz CT molecular complexity index is 840. The van der Waals surface area contributed by atoms with Crippen molar-refractivity contribution in [2.75, 3.05) is 21.3 Å². The second-order valence-electron chi connectivity index (χ2n) is 4.99. The van der Waals surface area contributed by atoms with Crippen molar-refractivity contribution in [2.45, 2.75) is 11.4 Å². The summed E-state index contributed by atoms with van der Waals surface area (Å²) in [5.41, 5.74) is 0.668. The van der Waals surface area contributed by atoms with Crippen molar-refractivity contribution >= 4 is 33.2 Å². The minimum absolute atomic E-state index is 0.0407. The molecule has 0 heterocycles. The first kappa shape index (κ1) is 18.9. The van der Waals surface area contributed by atoms with Crippen molar-refractivity contribution in [2.24, 2.45) is 0 Å². The fourth-order valence-corrected chi connectivity index (χ4v) is 4.13. The number of ether oxygens (including phenoxy) is 2. The highest BCUT2D eigenvalue weighted by molar-refractivity contribution is 7.89. The molecule has 0 atom stereocenters. The van der Waals surface area contributed by atoms with Crippen LogP contribution in [0.2, 0.25) is 10.0 Å². The number of nitrogens with zero attached hydrogens (tertiary/aromatic N) is 1. The molecule has 0 aliphatic rings. The smallest absolute Gasteiger partial charge is 0.244 e. The van der Waals surface area contributed by atoms with Gasteiger partial charge in [-0.3, -0.25) is 0 Å². The van der Waals surface area contributed by atoms with Crippen LogP contribution in [0.4, 0.5) is 0 Å². The van der Waals surface area contributed by atoms with Gasteiger partial charge in [0.05, 0.1) is 19.2 Å². The summed E-state index contributed by atoms with van der Waals surface area (Å²) in [4.78, 5) is -0.0407. The molecule has 0 fully saturated rings. The predicted molar refractivity (Wildman–Crippen MR) is 94.7 cm³/mol. The molecular weight excluding hydrogens is 373 g/mol. The molecule has 8 heteroatoms. The number of rotatable bonds is 6. The van der Waals surface area contributed by atoms with E-state index in [1.807, 2.05) is 0 Å². The lowest BCUT2D eigenvalue weighted by Crippen LogP contribution is -2.27. The van der Waals surface area contributed by atoms with Gasteiger partial charge in [-0.2, -0.15) is 4.31 Å². The maximum Gasteiger partial charge on any atom is 0.244 e. The van der Waals surface area contributed by atoms with Crippen LogP contribution in [-0.2, 0) is 16.6 Å². The summed E-state index contributed by atoms with van der Waals surface area (Å²) >= 11 is 11.9. The van der Waals surface area contributed by atoms with Crippen molar-refractivity contribution < 1.29 is 17.9 Å². The Hall–Kier alpha value is -1.47. The molecule has 0 aliphatic carbocycles. The lowest BCUT2D eigenvalue weighted by molar-refractivity contribution is 0.347. The summed E-state index contributed by atoms with van der Waals surface area (Å²) < 4.78 is 37.3. The third-order valence-electron chi connectivity index (χ3n) is 3.46. The first-order valence-electron chi connectivity index (χ1n) is 6.92. The number of hydrogen-bond acceptors (Lipinski definition) is 4. The fraction of sp³-hybridized carbons (Fsp3) is 0.250. The maximum absolute atomic E-state index is 12.8. The van der Waals surface area contributed by atoms with Gasteiger partial charge in [0.1, 0.15) is 4.90 Å². The SMILES string of the molecule is COc1cccc(CN(C)S(=O)(=O)c2cc(Cl)ccc2Cl)c1OC. The Labute approximate surface area is 151 Å². The minimum atomic E-state index is -3.81. The van der Waals surface area contributed by atoms with Crippen molar-refractivity contribution in [1.82, 2.24) is 4.31 Å². The van der Waals surface area contributed by atoms with E-state index in [0.29, 0.717) is 22.1 Å². The summed E-state index contributed by atoms with van der Waals surface area (Å²) in [5.74, 6) is 1.01. The molecule has 5 nitrogen and oxygen atoms in total. The van der Waals surface area contributed by atoms with Crippen LogP contribution in [0, 0.1) is 0 Å². The topological polar surface area (TPSA) is 55.8 Å². The van der Waals surface area contributed by atoms with E-state index in [1.165, 1.54) is 43.8 Å². The number of benzene rings is 2. The highest BCUT2D eigenvalue weighted by atomic mass is 35.5. The molecule has 0 aromatic heterocycles. The van der Waals surface area contributed by atoms with Gasteiger partial charge in [-0.05, 0) is 24.3 Å². The molecule has 0 aliphatic heterocycles. The molecule has 0 amide bonds. The molecule has 0 radical (unpaired) electrons. The third kappa shape index (κ3) is 3.78. The second-order valence-corrected chi connectivity index (χ2v) is 7.85. The lowest BCUT2D eigenvalue weighted by Gasteiger charge is -2.20. The van der Waals surface area contributed by atoms with Crippen LogP contribution in [0.1, 0.15) is 5.56 Å². The number of halogens is 2. The Balaban J connectivity index is 2.39. The standard InChI is InChI=1S/C16H17Cl2NO4S/c1-19(10-11-5-4-6-14(22-2)16(11)23-3)24(20,21)15-9-12(17)7-8-13(15)18/h4-9H,10H2,1-3H3. The molecule has 24 heavy (non-hydrogen) atoms.